The van der Waals surface area contributed by atoms with E-state index in [2.05, 4.69) is 19.1 Å². The predicted octanol–water partition coefficient (Wildman–Crippen LogP) is 4.40. The Labute approximate surface area is 179 Å². The lowest BCUT2D eigenvalue weighted by molar-refractivity contribution is -0.132. The fourth-order valence-electron chi connectivity index (χ4n) is 3.74. The van der Waals surface area contributed by atoms with Gasteiger partial charge in [-0.1, -0.05) is 12.1 Å². The fourth-order valence-corrected chi connectivity index (χ4v) is 4.65. The monoisotopic (exact) mass is 423 g/mol. The van der Waals surface area contributed by atoms with E-state index in [4.69, 9.17) is 4.42 Å². The third-order valence-electron chi connectivity index (χ3n) is 5.21. The molecule has 7 heteroatoms. The molecule has 6 nitrogen and oxygen atoms in total. The second kappa shape index (κ2) is 8.75. The number of hydrogen-bond donors (Lipinski definition) is 0. The van der Waals surface area contributed by atoms with Gasteiger partial charge in [-0.2, -0.15) is 0 Å². The van der Waals surface area contributed by atoms with Gasteiger partial charge in [-0.3, -0.25) is 13.9 Å². The molecule has 0 saturated carbocycles. The highest BCUT2D eigenvalue weighted by Crippen LogP contribution is 2.20. The summed E-state index contributed by atoms with van der Waals surface area (Å²) in [6.07, 6.45) is 1.87. The van der Waals surface area contributed by atoms with Crippen LogP contribution >= 0.6 is 11.3 Å². The second-order valence-corrected chi connectivity index (χ2v) is 8.63. The first kappa shape index (κ1) is 20.2. The van der Waals surface area contributed by atoms with E-state index in [1.54, 1.807) is 31.6 Å². The highest BCUT2D eigenvalue weighted by atomic mass is 32.1. The second-order valence-electron chi connectivity index (χ2n) is 7.26. The molecule has 30 heavy (non-hydrogen) atoms. The molecule has 4 aromatic rings. The normalized spacial score (nSPS) is 11.3. The number of para-hydroxylation sites is 2. The minimum atomic E-state index is -0.0713. The van der Waals surface area contributed by atoms with Gasteiger partial charge in [-0.05, 0) is 50.2 Å². The Kier molecular flexibility index (Phi) is 5.90. The number of amides is 1. The van der Waals surface area contributed by atoms with Crippen molar-refractivity contribution >= 4 is 28.3 Å². The van der Waals surface area contributed by atoms with E-state index < -0.39 is 0 Å². The molecule has 0 saturated heterocycles. The van der Waals surface area contributed by atoms with Crippen molar-refractivity contribution in [3.63, 3.8) is 0 Å². The quantitative estimate of drug-likeness (QED) is 0.422. The van der Waals surface area contributed by atoms with Crippen LogP contribution in [0.3, 0.4) is 0 Å². The van der Waals surface area contributed by atoms with E-state index in [0.29, 0.717) is 26.2 Å². The molecule has 0 aliphatic heterocycles. The van der Waals surface area contributed by atoms with Gasteiger partial charge in [0.1, 0.15) is 5.76 Å². The Bertz CT molecular complexity index is 1200. The molecule has 3 heterocycles. The summed E-state index contributed by atoms with van der Waals surface area (Å²) < 4.78 is 8.92. The molecule has 0 atom stereocenters. The Morgan fingerprint density at radius 2 is 1.80 bits per heavy atom. The molecule has 0 aliphatic rings. The van der Waals surface area contributed by atoms with Crippen molar-refractivity contribution < 1.29 is 9.21 Å². The highest BCUT2D eigenvalue weighted by Gasteiger charge is 2.19. The van der Waals surface area contributed by atoms with Crippen LogP contribution in [0.25, 0.3) is 11.0 Å². The number of benzene rings is 1. The first-order chi connectivity index (χ1) is 14.6. The average Bonchev–Trinajstić information content (AvgIpc) is 3.46. The Morgan fingerprint density at radius 1 is 1.03 bits per heavy atom. The Morgan fingerprint density at radius 3 is 2.43 bits per heavy atom. The number of aryl methyl sites for hydroxylation is 3. The van der Waals surface area contributed by atoms with Crippen molar-refractivity contribution in [1.29, 1.82) is 0 Å². The topological polar surface area (TPSA) is 60.4 Å². The SMILES string of the molecule is CCn1c(=O)n(CCC(=O)N(Cc2ccco2)Cc2ccc(C)s2)c2ccccc21. The first-order valence-electron chi connectivity index (χ1n) is 10.1. The van der Waals surface area contributed by atoms with Gasteiger partial charge < -0.3 is 9.32 Å². The van der Waals surface area contributed by atoms with E-state index in [9.17, 15) is 9.59 Å². The molecule has 0 aliphatic carbocycles. The third kappa shape index (κ3) is 4.11. The largest absolute Gasteiger partial charge is 0.467 e. The molecule has 0 fully saturated rings. The van der Waals surface area contributed by atoms with Crippen LogP contribution in [-0.4, -0.2) is 19.9 Å². The molecule has 156 valence electrons. The molecule has 0 bridgehead atoms. The van der Waals surface area contributed by atoms with Crippen molar-refractivity contribution in [3.05, 3.63) is 80.8 Å². The van der Waals surface area contributed by atoms with Crippen molar-refractivity contribution in [1.82, 2.24) is 14.0 Å². The number of furan rings is 1. The van der Waals surface area contributed by atoms with Gasteiger partial charge in [0.2, 0.25) is 5.91 Å². The number of rotatable bonds is 8. The van der Waals surface area contributed by atoms with Crippen LogP contribution in [0.1, 0.15) is 28.9 Å². The van der Waals surface area contributed by atoms with Crippen LogP contribution in [-0.2, 0) is 31.0 Å². The standard InChI is InChI=1S/C23H25N3O3S/c1-3-25-20-8-4-5-9-21(20)26(23(25)28)13-12-22(27)24(15-18-7-6-14-29-18)16-19-11-10-17(2)30-19/h4-11,14H,3,12-13,15-16H2,1-2H3. The summed E-state index contributed by atoms with van der Waals surface area (Å²) >= 11 is 1.69. The number of nitrogens with zero attached hydrogens (tertiary/aromatic N) is 3. The van der Waals surface area contributed by atoms with E-state index in [1.165, 1.54) is 4.88 Å². The third-order valence-corrected chi connectivity index (χ3v) is 6.20. The van der Waals surface area contributed by atoms with E-state index in [0.717, 1.165) is 21.7 Å². The van der Waals surface area contributed by atoms with Crippen LogP contribution in [0.15, 0.2) is 64.0 Å². The minimum absolute atomic E-state index is 0.00215. The van der Waals surface area contributed by atoms with Crippen LogP contribution in [0.2, 0.25) is 0 Å². The smallest absolute Gasteiger partial charge is 0.329 e. The molecule has 3 aromatic heterocycles. The molecule has 0 N–H and O–H groups in total. The first-order valence-corrected chi connectivity index (χ1v) is 10.9. The maximum absolute atomic E-state index is 13.1. The molecular weight excluding hydrogens is 398 g/mol. The van der Waals surface area contributed by atoms with Gasteiger partial charge in [-0.25, -0.2) is 4.79 Å². The van der Waals surface area contributed by atoms with Crippen molar-refractivity contribution in [2.24, 2.45) is 0 Å². The number of aromatic nitrogens is 2. The summed E-state index contributed by atoms with van der Waals surface area (Å²) in [7, 11) is 0. The Hall–Kier alpha value is -3.06. The minimum Gasteiger partial charge on any atom is -0.467 e. The molecular formula is C23H25N3O3S. The maximum Gasteiger partial charge on any atom is 0.329 e. The highest BCUT2D eigenvalue weighted by molar-refractivity contribution is 7.11. The van der Waals surface area contributed by atoms with E-state index in [-0.39, 0.29) is 18.0 Å². The van der Waals surface area contributed by atoms with Gasteiger partial charge in [0.15, 0.2) is 0 Å². The number of thiophene rings is 1. The molecule has 1 amide bonds. The summed E-state index contributed by atoms with van der Waals surface area (Å²) in [6, 6.07) is 15.5. The summed E-state index contributed by atoms with van der Waals surface area (Å²) in [6.45, 7) is 5.91. The average molecular weight is 424 g/mol. The summed E-state index contributed by atoms with van der Waals surface area (Å²) in [5.41, 5.74) is 1.69. The molecule has 4 rings (SSSR count). The fraction of sp³-hybridized carbons (Fsp3) is 0.304. The molecule has 1 aromatic carbocycles. The van der Waals surface area contributed by atoms with Gasteiger partial charge >= 0.3 is 5.69 Å². The van der Waals surface area contributed by atoms with Crippen LogP contribution in [0, 0.1) is 6.92 Å². The van der Waals surface area contributed by atoms with E-state index >= 15 is 0 Å². The van der Waals surface area contributed by atoms with Gasteiger partial charge in [-0.15, -0.1) is 11.3 Å². The molecule has 0 unspecified atom stereocenters. The maximum atomic E-state index is 13.1. The van der Waals surface area contributed by atoms with Crippen LogP contribution < -0.4 is 5.69 Å². The lowest BCUT2D eigenvalue weighted by Gasteiger charge is -2.21. The van der Waals surface area contributed by atoms with Crippen molar-refractivity contribution in [3.8, 4) is 0 Å². The lowest BCUT2D eigenvalue weighted by atomic mass is 10.2. The van der Waals surface area contributed by atoms with Crippen molar-refractivity contribution in [2.45, 2.75) is 46.4 Å². The van der Waals surface area contributed by atoms with Crippen molar-refractivity contribution in [2.75, 3.05) is 0 Å². The number of carbonyl (C=O) groups excluding carboxylic acids is 1. The zero-order chi connectivity index (χ0) is 21.1. The Balaban J connectivity index is 1.55. The lowest BCUT2D eigenvalue weighted by Crippen LogP contribution is -2.32. The number of fused-ring (bicyclic) bond motifs is 1. The zero-order valence-electron chi connectivity index (χ0n) is 17.2. The van der Waals surface area contributed by atoms with Crippen LogP contribution in [0.4, 0.5) is 0 Å². The summed E-state index contributed by atoms with van der Waals surface area (Å²) in [5.74, 6) is 0.745. The summed E-state index contributed by atoms with van der Waals surface area (Å²) in [5, 5.41) is 0. The number of carbonyl (C=O) groups is 1. The molecule has 0 spiro atoms. The number of imidazole rings is 1. The van der Waals surface area contributed by atoms with Gasteiger partial charge in [0.25, 0.3) is 0 Å². The number of hydrogen-bond acceptors (Lipinski definition) is 4. The summed E-state index contributed by atoms with van der Waals surface area (Å²) in [4.78, 5) is 30.1. The predicted molar refractivity (Wildman–Crippen MR) is 119 cm³/mol. The van der Waals surface area contributed by atoms with E-state index in [1.807, 2.05) is 43.3 Å². The van der Waals surface area contributed by atoms with Gasteiger partial charge in [0.05, 0.1) is 30.4 Å². The van der Waals surface area contributed by atoms with Gasteiger partial charge in [0, 0.05) is 29.3 Å². The van der Waals surface area contributed by atoms with Crippen LogP contribution in [0.5, 0.6) is 0 Å². The molecule has 0 radical (unpaired) electrons. The zero-order valence-corrected chi connectivity index (χ0v) is 18.0.